The van der Waals surface area contributed by atoms with Crippen molar-refractivity contribution in [2.45, 2.75) is 115 Å². The van der Waals surface area contributed by atoms with Gasteiger partial charge in [-0.05, 0) is 6.42 Å². The molecule has 8 nitrogen and oxygen atoms in total. The summed E-state index contributed by atoms with van der Waals surface area (Å²) in [6.45, 7) is 7.50. The first-order valence-electron chi connectivity index (χ1n) is 11.5. The van der Waals surface area contributed by atoms with Gasteiger partial charge in [-0.1, -0.05) is 90.4 Å². The summed E-state index contributed by atoms with van der Waals surface area (Å²) in [5, 5.41) is 60.3. The van der Waals surface area contributed by atoms with E-state index < -0.39 is 24.0 Å². The van der Waals surface area contributed by atoms with E-state index >= 15 is 0 Å². The van der Waals surface area contributed by atoms with Crippen molar-refractivity contribution in [3.05, 3.63) is 13.2 Å². The molecule has 1 atom stereocenters. The molecule has 0 saturated carbocycles. The normalized spacial score (nSPS) is 11.9. The van der Waals surface area contributed by atoms with Gasteiger partial charge >= 0.3 is 5.97 Å². The Bertz CT molecular complexity index is 373. The molecule has 0 spiro atoms. The number of aliphatic carboxylic acids is 1. The van der Waals surface area contributed by atoms with Crippen LogP contribution in [-0.4, -0.2) is 72.9 Å². The Labute approximate surface area is 188 Å². The van der Waals surface area contributed by atoms with Crippen LogP contribution in [0.15, 0.2) is 13.2 Å². The lowest BCUT2D eigenvalue weighted by molar-refractivity contribution is -0.237. The summed E-state index contributed by atoms with van der Waals surface area (Å²) in [5.41, 5.74) is 0. The SMILES string of the molecule is C=C.CCCCCCCCCCCCCCCC(O)C(O)(O)C(=O)O.OCC(O)CO. The Kier molecular flexibility index (Phi) is 28.1. The largest absolute Gasteiger partial charge is 0.477 e. The zero-order valence-corrected chi connectivity index (χ0v) is 19.4. The number of aliphatic hydroxyl groups is 6. The second kappa shape index (κ2) is 25.2. The first kappa shape index (κ1) is 34.6. The minimum atomic E-state index is -3.03. The number of rotatable bonds is 18. The Morgan fingerprint density at radius 3 is 1.32 bits per heavy atom. The van der Waals surface area contributed by atoms with Crippen LogP contribution < -0.4 is 0 Å². The molecule has 0 aromatic heterocycles. The first-order valence-corrected chi connectivity index (χ1v) is 11.5. The number of carboxylic acids is 1. The van der Waals surface area contributed by atoms with Crippen molar-refractivity contribution in [1.29, 1.82) is 0 Å². The third kappa shape index (κ3) is 23.5. The van der Waals surface area contributed by atoms with E-state index in [-0.39, 0.29) is 19.6 Å². The predicted molar refractivity (Wildman–Crippen MR) is 123 cm³/mol. The van der Waals surface area contributed by atoms with Crippen LogP contribution in [0.2, 0.25) is 0 Å². The van der Waals surface area contributed by atoms with E-state index in [1.54, 1.807) is 0 Å². The van der Waals surface area contributed by atoms with Gasteiger partial charge in [0.15, 0.2) is 0 Å². The zero-order chi connectivity index (χ0) is 24.5. The van der Waals surface area contributed by atoms with Gasteiger partial charge in [0.05, 0.1) is 13.2 Å². The highest BCUT2D eigenvalue weighted by Gasteiger charge is 2.41. The molecule has 0 heterocycles. The maximum Gasteiger partial charge on any atom is 0.366 e. The van der Waals surface area contributed by atoms with E-state index in [9.17, 15) is 9.90 Å². The van der Waals surface area contributed by atoms with E-state index in [4.69, 9.17) is 30.6 Å². The summed E-state index contributed by atoms with van der Waals surface area (Å²) in [5.74, 6) is -4.84. The fourth-order valence-corrected chi connectivity index (χ4v) is 2.76. The molecule has 0 radical (unpaired) electrons. The van der Waals surface area contributed by atoms with Crippen molar-refractivity contribution in [3.63, 3.8) is 0 Å². The van der Waals surface area contributed by atoms with Crippen LogP contribution in [0.4, 0.5) is 0 Å². The summed E-state index contributed by atoms with van der Waals surface area (Å²) < 4.78 is 0. The monoisotopic (exact) mass is 452 g/mol. The molecular formula is C23H48O8. The van der Waals surface area contributed by atoms with Crippen molar-refractivity contribution >= 4 is 5.97 Å². The van der Waals surface area contributed by atoms with Gasteiger partial charge in [-0.25, -0.2) is 4.79 Å². The van der Waals surface area contributed by atoms with Crippen molar-refractivity contribution < 1.29 is 40.5 Å². The van der Waals surface area contributed by atoms with Crippen molar-refractivity contribution in [2.75, 3.05) is 13.2 Å². The molecular weight excluding hydrogens is 404 g/mol. The molecule has 7 N–H and O–H groups in total. The molecule has 1 unspecified atom stereocenters. The number of aliphatic hydroxyl groups excluding tert-OH is 4. The van der Waals surface area contributed by atoms with Gasteiger partial charge in [0, 0.05) is 0 Å². The Balaban J connectivity index is -0.000000836. The minimum Gasteiger partial charge on any atom is -0.477 e. The van der Waals surface area contributed by atoms with Crippen LogP contribution in [-0.2, 0) is 4.79 Å². The lowest BCUT2D eigenvalue weighted by Crippen LogP contribution is -2.49. The van der Waals surface area contributed by atoms with Crippen LogP contribution in [0.5, 0.6) is 0 Å². The molecule has 0 aliphatic rings. The van der Waals surface area contributed by atoms with Gasteiger partial charge < -0.3 is 35.7 Å². The average Bonchev–Trinajstić information content (AvgIpc) is 2.77. The molecule has 0 aliphatic heterocycles. The summed E-state index contributed by atoms with van der Waals surface area (Å²) in [7, 11) is 0. The molecule has 0 bridgehead atoms. The van der Waals surface area contributed by atoms with E-state index in [0.29, 0.717) is 6.42 Å². The number of hydrogen-bond acceptors (Lipinski definition) is 7. The highest BCUT2D eigenvalue weighted by Crippen LogP contribution is 2.16. The van der Waals surface area contributed by atoms with Crippen LogP contribution in [0.3, 0.4) is 0 Å². The van der Waals surface area contributed by atoms with Gasteiger partial charge in [-0.2, -0.15) is 0 Å². The Hall–Kier alpha value is -1.03. The molecule has 0 aromatic rings. The molecule has 0 aliphatic carbocycles. The van der Waals surface area contributed by atoms with Crippen molar-refractivity contribution in [2.24, 2.45) is 0 Å². The lowest BCUT2D eigenvalue weighted by Gasteiger charge is -2.22. The maximum atomic E-state index is 10.5. The van der Waals surface area contributed by atoms with Crippen LogP contribution in [0.1, 0.15) is 96.8 Å². The highest BCUT2D eigenvalue weighted by molar-refractivity contribution is 5.75. The third-order valence-electron chi connectivity index (χ3n) is 4.78. The molecule has 0 fully saturated rings. The van der Waals surface area contributed by atoms with E-state index in [1.165, 1.54) is 57.8 Å². The minimum absolute atomic E-state index is 0.0943. The summed E-state index contributed by atoms with van der Waals surface area (Å²) >= 11 is 0. The van der Waals surface area contributed by atoms with Crippen LogP contribution in [0, 0.1) is 0 Å². The summed E-state index contributed by atoms with van der Waals surface area (Å²) in [4.78, 5) is 10.5. The van der Waals surface area contributed by atoms with E-state index in [0.717, 1.165) is 19.3 Å². The fraction of sp³-hybridized carbons (Fsp3) is 0.870. The topological polar surface area (TPSA) is 159 Å². The van der Waals surface area contributed by atoms with E-state index in [2.05, 4.69) is 20.1 Å². The van der Waals surface area contributed by atoms with Crippen LogP contribution in [0.25, 0.3) is 0 Å². The summed E-state index contributed by atoms with van der Waals surface area (Å²) in [6.07, 6.45) is 13.0. The quantitative estimate of drug-likeness (QED) is 0.0949. The highest BCUT2D eigenvalue weighted by atomic mass is 16.6. The molecule has 0 aromatic carbocycles. The fourth-order valence-electron chi connectivity index (χ4n) is 2.76. The number of unbranched alkanes of at least 4 members (excludes halogenated alkanes) is 12. The van der Waals surface area contributed by atoms with Crippen molar-refractivity contribution in [3.8, 4) is 0 Å². The second-order valence-electron chi connectivity index (χ2n) is 7.60. The first-order chi connectivity index (χ1) is 14.7. The molecule has 0 amide bonds. The van der Waals surface area contributed by atoms with E-state index in [1.807, 2.05) is 0 Å². The van der Waals surface area contributed by atoms with Gasteiger partial charge in [0.1, 0.15) is 12.2 Å². The number of hydrogen-bond donors (Lipinski definition) is 7. The maximum absolute atomic E-state index is 10.5. The van der Waals surface area contributed by atoms with Crippen molar-refractivity contribution in [1.82, 2.24) is 0 Å². The van der Waals surface area contributed by atoms with Crippen LogP contribution >= 0.6 is 0 Å². The van der Waals surface area contributed by atoms with Gasteiger partial charge in [0.2, 0.25) is 0 Å². The summed E-state index contributed by atoms with van der Waals surface area (Å²) in [6, 6.07) is 0. The molecule has 188 valence electrons. The Morgan fingerprint density at radius 2 is 1.06 bits per heavy atom. The van der Waals surface area contributed by atoms with Gasteiger partial charge in [-0.3, -0.25) is 0 Å². The van der Waals surface area contributed by atoms with Gasteiger partial charge in [-0.15, -0.1) is 13.2 Å². The molecule has 8 heteroatoms. The Morgan fingerprint density at radius 1 is 0.742 bits per heavy atom. The van der Waals surface area contributed by atoms with Gasteiger partial charge in [0.25, 0.3) is 5.79 Å². The standard InChI is InChI=1S/C18H36O5.C3H8O3.C2H4/c1-2-3-4-5-6-7-8-9-10-11-12-13-14-15-16(19)18(22,23)17(20)21;4-1-3(6)2-5;1-2/h16,19,22-23H,2-15H2,1H3,(H,20,21);3-6H,1-2H2;1-2H2. The predicted octanol–water partition coefficient (Wildman–Crippen LogP) is 2.73. The average molecular weight is 453 g/mol. The molecule has 31 heavy (non-hydrogen) atoms. The number of carboxylic acid groups (broad SMARTS) is 1. The lowest BCUT2D eigenvalue weighted by atomic mass is 10.0. The molecule has 0 saturated heterocycles. The third-order valence-corrected chi connectivity index (χ3v) is 4.78. The molecule has 0 rings (SSSR count). The smallest absolute Gasteiger partial charge is 0.366 e. The second-order valence-corrected chi connectivity index (χ2v) is 7.60. The zero-order valence-electron chi connectivity index (χ0n) is 19.4. The number of carbonyl (C=O) groups is 1.